The average Bonchev–Trinajstić information content (AvgIpc) is 2.52. The number of aromatic hydroxyl groups is 2. The molecule has 2 atom stereocenters. The molecule has 1 aromatic rings. The summed E-state index contributed by atoms with van der Waals surface area (Å²) in [7, 11) is 0. The van der Waals surface area contributed by atoms with E-state index in [-0.39, 0.29) is 23.3 Å². The van der Waals surface area contributed by atoms with Crippen LogP contribution in [-0.2, 0) is 6.42 Å². The Kier molecular flexibility index (Phi) is 6.56. The first-order valence-electron chi connectivity index (χ1n) is 8.92. The van der Waals surface area contributed by atoms with E-state index >= 15 is 0 Å². The predicted molar refractivity (Wildman–Crippen MR) is 105 cm³/mol. The topological polar surface area (TPSA) is 40.5 Å². The molecule has 2 nitrogen and oxygen atoms in total. The summed E-state index contributed by atoms with van der Waals surface area (Å²) in [6, 6.07) is 1.82. The van der Waals surface area contributed by atoms with Crippen molar-refractivity contribution in [2.24, 2.45) is 5.92 Å². The summed E-state index contributed by atoms with van der Waals surface area (Å²) in [4.78, 5) is 0. The Hall–Kier alpha value is -1.22. The highest BCUT2D eigenvalue weighted by Gasteiger charge is 2.31. The van der Waals surface area contributed by atoms with Crippen LogP contribution in [0.15, 0.2) is 34.3 Å². The number of halogens is 1. The van der Waals surface area contributed by atoms with E-state index < -0.39 is 0 Å². The normalized spacial score (nSPS) is 20.8. The molecule has 0 bridgehead atoms. The Morgan fingerprint density at radius 3 is 2.67 bits per heavy atom. The second-order valence-corrected chi connectivity index (χ2v) is 7.91. The molecule has 2 rings (SSSR count). The quantitative estimate of drug-likeness (QED) is 0.422. The highest BCUT2D eigenvalue weighted by Crippen LogP contribution is 2.49. The molecular weight excluding hydrogens is 364 g/mol. The third kappa shape index (κ3) is 4.05. The van der Waals surface area contributed by atoms with E-state index in [1.807, 2.05) is 13.0 Å². The summed E-state index contributed by atoms with van der Waals surface area (Å²) < 4.78 is 0.725. The van der Waals surface area contributed by atoms with Crippen molar-refractivity contribution < 1.29 is 10.2 Å². The highest BCUT2D eigenvalue weighted by molar-refractivity contribution is 9.10. The van der Waals surface area contributed by atoms with Crippen molar-refractivity contribution >= 4 is 15.9 Å². The monoisotopic (exact) mass is 392 g/mol. The molecule has 0 saturated heterocycles. The number of allylic oxidation sites excluding steroid dienone is 3. The zero-order valence-corrected chi connectivity index (χ0v) is 16.6. The maximum Gasteiger partial charge on any atom is 0.137 e. The fourth-order valence-corrected chi connectivity index (χ4v) is 4.21. The van der Waals surface area contributed by atoms with Crippen LogP contribution in [0.5, 0.6) is 11.5 Å². The first kappa shape index (κ1) is 19.1. The van der Waals surface area contributed by atoms with E-state index in [1.165, 1.54) is 5.57 Å². The van der Waals surface area contributed by atoms with Crippen molar-refractivity contribution in [2.75, 3.05) is 0 Å². The molecule has 0 saturated carbocycles. The number of phenolic OH excluding ortho intramolecular Hbond substituents is 2. The van der Waals surface area contributed by atoms with E-state index in [0.717, 1.165) is 54.1 Å². The maximum absolute atomic E-state index is 10.8. The molecular formula is C21H29BrO2. The lowest BCUT2D eigenvalue weighted by atomic mass is 9.73. The Labute approximate surface area is 154 Å². The van der Waals surface area contributed by atoms with Crippen LogP contribution in [0.1, 0.15) is 69.9 Å². The summed E-state index contributed by atoms with van der Waals surface area (Å²) in [6.07, 6.45) is 8.46. The number of benzene rings is 1. The van der Waals surface area contributed by atoms with Crippen LogP contribution in [0.25, 0.3) is 0 Å². The summed E-state index contributed by atoms with van der Waals surface area (Å²) in [5.41, 5.74) is 4.02. The van der Waals surface area contributed by atoms with Crippen LogP contribution >= 0.6 is 15.9 Å². The van der Waals surface area contributed by atoms with Crippen molar-refractivity contribution in [3.8, 4) is 11.5 Å². The molecule has 1 aliphatic carbocycles. The Bertz CT molecular complexity index is 646. The fraction of sp³-hybridized carbons (Fsp3) is 0.524. The van der Waals surface area contributed by atoms with Crippen LogP contribution in [0, 0.1) is 5.92 Å². The largest absolute Gasteiger partial charge is 0.507 e. The number of rotatable bonds is 6. The lowest BCUT2D eigenvalue weighted by Gasteiger charge is -2.31. The van der Waals surface area contributed by atoms with Gasteiger partial charge in [0.15, 0.2) is 0 Å². The molecule has 0 aliphatic heterocycles. The first-order valence-corrected chi connectivity index (χ1v) is 9.72. The molecule has 1 aliphatic rings. The number of hydrogen-bond donors (Lipinski definition) is 2. The molecule has 132 valence electrons. The minimum atomic E-state index is -0.0164. The van der Waals surface area contributed by atoms with E-state index in [0.29, 0.717) is 5.56 Å². The molecule has 0 spiro atoms. The molecule has 0 aromatic heterocycles. The van der Waals surface area contributed by atoms with Gasteiger partial charge in [0, 0.05) is 11.5 Å². The van der Waals surface area contributed by atoms with Crippen molar-refractivity contribution in [1.82, 2.24) is 0 Å². The molecule has 3 heteroatoms. The van der Waals surface area contributed by atoms with Crippen molar-refractivity contribution in [3.63, 3.8) is 0 Å². The molecule has 1 aromatic carbocycles. The van der Waals surface area contributed by atoms with Gasteiger partial charge in [-0.05, 0) is 73.0 Å². The van der Waals surface area contributed by atoms with Crippen LogP contribution in [0.2, 0.25) is 0 Å². The first-order chi connectivity index (χ1) is 11.4. The SMILES string of the molecule is C=C(C)[C@@H]1CCC(C)=C[C@H]1c1c(O)cc(CCCCC)c(Br)c1O. The van der Waals surface area contributed by atoms with Crippen LogP contribution in [-0.4, -0.2) is 10.2 Å². The molecule has 0 heterocycles. The minimum Gasteiger partial charge on any atom is -0.507 e. The van der Waals surface area contributed by atoms with Gasteiger partial charge in [-0.1, -0.05) is 43.6 Å². The average molecular weight is 393 g/mol. The van der Waals surface area contributed by atoms with E-state index in [1.54, 1.807) is 0 Å². The second-order valence-electron chi connectivity index (χ2n) is 7.12. The van der Waals surface area contributed by atoms with E-state index in [2.05, 4.69) is 42.4 Å². The number of aryl methyl sites for hydroxylation is 1. The molecule has 0 radical (unpaired) electrons. The summed E-state index contributed by atoms with van der Waals surface area (Å²) >= 11 is 3.55. The highest BCUT2D eigenvalue weighted by atomic mass is 79.9. The van der Waals surface area contributed by atoms with Crippen LogP contribution < -0.4 is 0 Å². The van der Waals surface area contributed by atoms with Crippen molar-refractivity contribution in [1.29, 1.82) is 0 Å². The van der Waals surface area contributed by atoms with Gasteiger partial charge in [0.05, 0.1) is 4.47 Å². The summed E-state index contributed by atoms with van der Waals surface area (Å²) in [5.74, 6) is 0.619. The second kappa shape index (κ2) is 8.24. The number of unbranched alkanes of at least 4 members (excludes halogenated alkanes) is 2. The zero-order chi connectivity index (χ0) is 17.9. The van der Waals surface area contributed by atoms with Gasteiger partial charge in [-0.3, -0.25) is 0 Å². The summed E-state index contributed by atoms with van der Waals surface area (Å²) in [6.45, 7) is 10.4. The van der Waals surface area contributed by atoms with Crippen LogP contribution in [0.4, 0.5) is 0 Å². The molecule has 0 amide bonds. The lowest BCUT2D eigenvalue weighted by Crippen LogP contribution is -2.17. The van der Waals surface area contributed by atoms with Crippen LogP contribution in [0.3, 0.4) is 0 Å². The molecule has 0 fully saturated rings. The van der Waals surface area contributed by atoms with Gasteiger partial charge in [-0.2, -0.15) is 0 Å². The molecule has 24 heavy (non-hydrogen) atoms. The van der Waals surface area contributed by atoms with Crippen molar-refractivity contribution in [2.45, 2.75) is 65.2 Å². The number of phenols is 2. The Balaban J connectivity index is 2.44. The predicted octanol–water partition coefficient (Wildman–Crippen LogP) is 6.61. The van der Waals surface area contributed by atoms with Gasteiger partial charge in [-0.25, -0.2) is 0 Å². The maximum atomic E-state index is 10.8. The fourth-order valence-electron chi connectivity index (χ4n) is 3.68. The molecule has 2 N–H and O–H groups in total. The lowest BCUT2D eigenvalue weighted by molar-refractivity contribution is 0.404. The third-order valence-corrected chi connectivity index (χ3v) is 5.98. The smallest absolute Gasteiger partial charge is 0.137 e. The van der Waals surface area contributed by atoms with Gasteiger partial charge < -0.3 is 10.2 Å². The van der Waals surface area contributed by atoms with Gasteiger partial charge in [0.2, 0.25) is 0 Å². The Morgan fingerprint density at radius 2 is 2.04 bits per heavy atom. The van der Waals surface area contributed by atoms with Gasteiger partial charge in [0.25, 0.3) is 0 Å². The van der Waals surface area contributed by atoms with Crippen molar-refractivity contribution in [3.05, 3.63) is 45.5 Å². The molecule has 0 unspecified atom stereocenters. The van der Waals surface area contributed by atoms with Gasteiger partial charge in [0.1, 0.15) is 11.5 Å². The number of hydrogen-bond acceptors (Lipinski definition) is 2. The van der Waals surface area contributed by atoms with E-state index in [4.69, 9.17) is 0 Å². The zero-order valence-electron chi connectivity index (χ0n) is 15.0. The Morgan fingerprint density at radius 1 is 1.33 bits per heavy atom. The van der Waals surface area contributed by atoms with E-state index in [9.17, 15) is 10.2 Å². The van der Waals surface area contributed by atoms with Gasteiger partial charge in [-0.15, -0.1) is 0 Å². The minimum absolute atomic E-state index is 0.0164. The summed E-state index contributed by atoms with van der Waals surface area (Å²) in [5, 5.41) is 21.4. The third-order valence-electron chi connectivity index (χ3n) is 5.10. The van der Waals surface area contributed by atoms with Gasteiger partial charge >= 0.3 is 0 Å². The standard InChI is InChI=1S/C21H29BrO2/c1-5-6-7-8-15-12-18(23)19(21(24)20(15)22)17-11-14(4)9-10-16(17)13(2)3/h11-12,16-17,23-24H,2,5-10H2,1,3-4H3/t16-,17+/m0/s1.